The smallest absolute Gasteiger partial charge is 0.255 e. The lowest BCUT2D eigenvalue weighted by Gasteiger charge is -2.39. The number of hydrogen-bond acceptors (Lipinski definition) is 4. The van der Waals surface area contributed by atoms with Gasteiger partial charge in [0.2, 0.25) is 5.91 Å². The van der Waals surface area contributed by atoms with Crippen molar-refractivity contribution in [1.82, 2.24) is 4.90 Å². The van der Waals surface area contributed by atoms with Gasteiger partial charge in [-0.1, -0.05) is 32.4 Å². The van der Waals surface area contributed by atoms with Gasteiger partial charge in [-0.3, -0.25) is 9.59 Å². The van der Waals surface area contributed by atoms with Gasteiger partial charge < -0.3 is 19.9 Å². The Balaban J connectivity index is 1.61. The summed E-state index contributed by atoms with van der Waals surface area (Å²) in [5.74, 6) is 0.697. The third-order valence-corrected chi connectivity index (χ3v) is 5.48. The number of benzene rings is 2. The Morgan fingerprint density at radius 3 is 2.23 bits per heavy atom. The van der Waals surface area contributed by atoms with Gasteiger partial charge in [0.05, 0.1) is 17.3 Å². The lowest BCUT2D eigenvalue weighted by molar-refractivity contribution is -0.139. The first-order valence-corrected chi connectivity index (χ1v) is 10.9. The van der Waals surface area contributed by atoms with Gasteiger partial charge in [0.1, 0.15) is 5.75 Å². The summed E-state index contributed by atoms with van der Waals surface area (Å²) in [6.45, 7) is 11.1. The van der Waals surface area contributed by atoms with Gasteiger partial charge in [-0.15, -0.1) is 0 Å². The van der Waals surface area contributed by atoms with E-state index in [2.05, 4.69) is 10.2 Å². The SMILES string of the molecule is CCOc1ccc(C(=O)Nc2ccc(N3CCN(C(=O)C(C)(C)C)CC3)c(Cl)c2)cc1. The number of amides is 2. The highest BCUT2D eigenvalue weighted by Gasteiger charge is 2.30. The highest BCUT2D eigenvalue weighted by atomic mass is 35.5. The molecule has 166 valence electrons. The average molecular weight is 444 g/mol. The van der Waals surface area contributed by atoms with E-state index < -0.39 is 0 Å². The van der Waals surface area contributed by atoms with E-state index in [-0.39, 0.29) is 17.2 Å². The van der Waals surface area contributed by atoms with Gasteiger partial charge in [0.25, 0.3) is 5.91 Å². The number of ether oxygens (including phenoxy) is 1. The zero-order chi connectivity index (χ0) is 22.6. The van der Waals surface area contributed by atoms with Crippen molar-refractivity contribution in [3.63, 3.8) is 0 Å². The van der Waals surface area contributed by atoms with Crippen LogP contribution in [0.4, 0.5) is 11.4 Å². The number of nitrogens with one attached hydrogen (secondary N) is 1. The first-order valence-electron chi connectivity index (χ1n) is 10.6. The Kier molecular flexibility index (Phi) is 7.11. The van der Waals surface area contributed by atoms with Crippen molar-refractivity contribution in [2.45, 2.75) is 27.7 Å². The number of carbonyl (C=O) groups is 2. The number of rotatable bonds is 5. The first-order chi connectivity index (χ1) is 14.7. The number of nitrogens with zero attached hydrogens (tertiary/aromatic N) is 2. The van der Waals surface area contributed by atoms with Crippen LogP contribution in [0.15, 0.2) is 42.5 Å². The second-order valence-electron chi connectivity index (χ2n) is 8.61. The van der Waals surface area contributed by atoms with Crippen LogP contribution in [-0.4, -0.2) is 49.5 Å². The zero-order valence-electron chi connectivity index (χ0n) is 18.6. The number of halogens is 1. The predicted octanol–water partition coefficient (Wildman–Crippen LogP) is 4.69. The molecule has 1 N–H and O–H groups in total. The molecule has 0 unspecified atom stereocenters. The van der Waals surface area contributed by atoms with Crippen LogP contribution in [0.1, 0.15) is 38.1 Å². The van der Waals surface area contributed by atoms with Gasteiger partial charge in [-0.05, 0) is 49.4 Å². The topological polar surface area (TPSA) is 61.9 Å². The molecule has 1 heterocycles. The number of anilines is 2. The summed E-state index contributed by atoms with van der Waals surface area (Å²) < 4.78 is 5.41. The summed E-state index contributed by atoms with van der Waals surface area (Å²) >= 11 is 6.53. The molecule has 1 saturated heterocycles. The van der Waals surface area contributed by atoms with Crippen LogP contribution in [0.25, 0.3) is 0 Å². The summed E-state index contributed by atoms with van der Waals surface area (Å²) in [7, 11) is 0. The van der Waals surface area contributed by atoms with Crippen molar-refractivity contribution >= 4 is 34.8 Å². The van der Waals surface area contributed by atoms with E-state index in [1.165, 1.54) is 0 Å². The standard InChI is InChI=1S/C24H30ClN3O3/c1-5-31-19-9-6-17(7-10-19)22(29)26-18-8-11-21(20(25)16-18)27-12-14-28(15-13-27)23(30)24(2,3)4/h6-11,16H,5,12-15H2,1-4H3,(H,26,29). The minimum Gasteiger partial charge on any atom is -0.494 e. The maximum atomic E-state index is 12.5. The minimum atomic E-state index is -0.372. The van der Waals surface area contributed by atoms with Crippen LogP contribution < -0.4 is 15.0 Å². The fourth-order valence-corrected chi connectivity index (χ4v) is 3.84. The van der Waals surface area contributed by atoms with Crippen molar-refractivity contribution in [1.29, 1.82) is 0 Å². The fourth-order valence-electron chi connectivity index (χ4n) is 3.54. The molecule has 0 atom stereocenters. The maximum Gasteiger partial charge on any atom is 0.255 e. The van der Waals surface area contributed by atoms with Crippen LogP contribution >= 0.6 is 11.6 Å². The Labute approximate surface area is 189 Å². The zero-order valence-corrected chi connectivity index (χ0v) is 19.3. The number of carbonyl (C=O) groups excluding carboxylic acids is 2. The third-order valence-electron chi connectivity index (χ3n) is 5.18. The molecule has 0 spiro atoms. The van der Waals surface area contributed by atoms with E-state index in [4.69, 9.17) is 16.3 Å². The highest BCUT2D eigenvalue weighted by Crippen LogP contribution is 2.30. The molecule has 31 heavy (non-hydrogen) atoms. The first kappa shape index (κ1) is 22.9. The molecule has 1 aliphatic heterocycles. The summed E-state index contributed by atoms with van der Waals surface area (Å²) in [5.41, 5.74) is 1.71. The molecule has 1 aliphatic rings. The van der Waals surface area contributed by atoms with Crippen molar-refractivity contribution < 1.29 is 14.3 Å². The van der Waals surface area contributed by atoms with Gasteiger partial charge in [-0.2, -0.15) is 0 Å². The lowest BCUT2D eigenvalue weighted by Crippen LogP contribution is -2.51. The molecule has 2 amide bonds. The molecule has 0 aliphatic carbocycles. The fraction of sp³-hybridized carbons (Fsp3) is 0.417. The van der Waals surface area contributed by atoms with Crippen LogP contribution in [0.2, 0.25) is 5.02 Å². The Morgan fingerprint density at radius 2 is 1.68 bits per heavy atom. The van der Waals surface area contributed by atoms with E-state index in [0.29, 0.717) is 36.0 Å². The van der Waals surface area contributed by atoms with Gasteiger partial charge in [-0.25, -0.2) is 0 Å². The highest BCUT2D eigenvalue weighted by molar-refractivity contribution is 6.33. The van der Waals surface area contributed by atoms with Crippen LogP contribution in [0, 0.1) is 5.41 Å². The van der Waals surface area contributed by atoms with Crippen molar-refractivity contribution in [3.8, 4) is 5.75 Å². The van der Waals surface area contributed by atoms with Gasteiger partial charge >= 0.3 is 0 Å². The molecule has 0 aromatic heterocycles. The molecule has 0 bridgehead atoms. The molecule has 3 rings (SSSR count). The summed E-state index contributed by atoms with van der Waals surface area (Å²) in [5, 5.41) is 3.45. The molecule has 0 radical (unpaired) electrons. The molecule has 2 aromatic carbocycles. The van der Waals surface area contributed by atoms with E-state index in [9.17, 15) is 9.59 Å². The Bertz CT molecular complexity index is 930. The minimum absolute atomic E-state index is 0.172. The third kappa shape index (κ3) is 5.70. The normalized spacial score (nSPS) is 14.4. The van der Waals surface area contributed by atoms with E-state index in [1.807, 2.05) is 44.7 Å². The van der Waals surface area contributed by atoms with Crippen molar-refractivity contribution in [2.75, 3.05) is 43.0 Å². The van der Waals surface area contributed by atoms with Crippen molar-refractivity contribution in [3.05, 3.63) is 53.1 Å². The van der Waals surface area contributed by atoms with Crippen molar-refractivity contribution in [2.24, 2.45) is 5.41 Å². The molecule has 2 aromatic rings. The average Bonchev–Trinajstić information content (AvgIpc) is 2.73. The molecule has 0 saturated carbocycles. The van der Waals surface area contributed by atoms with E-state index in [0.717, 1.165) is 24.5 Å². The van der Waals surface area contributed by atoms with E-state index in [1.54, 1.807) is 30.3 Å². The molecule has 7 heteroatoms. The summed E-state index contributed by atoms with van der Waals surface area (Å²) in [6, 6.07) is 12.5. The largest absolute Gasteiger partial charge is 0.494 e. The van der Waals surface area contributed by atoms with Gasteiger partial charge in [0.15, 0.2) is 0 Å². The van der Waals surface area contributed by atoms with Crippen LogP contribution in [-0.2, 0) is 4.79 Å². The van der Waals surface area contributed by atoms with Gasteiger partial charge in [0, 0.05) is 42.8 Å². The number of hydrogen-bond donors (Lipinski definition) is 1. The Morgan fingerprint density at radius 1 is 1.03 bits per heavy atom. The molecular formula is C24H30ClN3O3. The lowest BCUT2D eigenvalue weighted by atomic mass is 9.94. The second kappa shape index (κ2) is 9.60. The molecular weight excluding hydrogens is 414 g/mol. The number of piperazine rings is 1. The predicted molar refractivity (Wildman–Crippen MR) is 125 cm³/mol. The summed E-state index contributed by atoms with van der Waals surface area (Å²) in [4.78, 5) is 29.1. The van der Waals surface area contributed by atoms with Crippen LogP contribution in [0.5, 0.6) is 5.75 Å². The van der Waals surface area contributed by atoms with Crippen LogP contribution in [0.3, 0.4) is 0 Å². The molecule has 1 fully saturated rings. The summed E-state index contributed by atoms with van der Waals surface area (Å²) in [6.07, 6.45) is 0. The maximum absolute atomic E-state index is 12.5. The molecule has 6 nitrogen and oxygen atoms in total. The quantitative estimate of drug-likeness (QED) is 0.728. The Hall–Kier alpha value is -2.73. The second-order valence-corrected chi connectivity index (χ2v) is 9.01. The monoisotopic (exact) mass is 443 g/mol. The van der Waals surface area contributed by atoms with E-state index >= 15 is 0 Å².